The lowest BCUT2D eigenvalue weighted by Crippen LogP contribution is -2.30. The molecule has 0 saturated carbocycles. The maximum atomic E-state index is 11.8. The Bertz CT molecular complexity index is 484. The lowest BCUT2D eigenvalue weighted by molar-refractivity contribution is -0.125. The van der Waals surface area contributed by atoms with Gasteiger partial charge in [-0.05, 0) is 42.5 Å². The predicted molar refractivity (Wildman–Crippen MR) is 82.8 cm³/mol. The molecule has 0 radical (unpaired) electrons. The molecule has 0 spiro atoms. The van der Waals surface area contributed by atoms with Gasteiger partial charge in [-0.3, -0.25) is 4.79 Å². The van der Waals surface area contributed by atoms with Gasteiger partial charge in [-0.2, -0.15) is 0 Å². The summed E-state index contributed by atoms with van der Waals surface area (Å²) in [6.45, 7) is 1.46. The van der Waals surface area contributed by atoms with Crippen LogP contribution in [-0.4, -0.2) is 29.5 Å². The predicted octanol–water partition coefficient (Wildman–Crippen LogP) is 2.59. The second-order valence-electron chi connectivity index (χ2n) is 4.50. The van der Waals surface area contributed by atoms with Crippen LogP contribution in [0.15, 0.2) is 24.3 Å². The van der Waals surface area contributed by atoms with E-state index in [1.807, 2.05) is 35.7 Å². The lowest BCUT2D eigenvalue weighted by atomic mass is 10.1. The van der Waals surface area contributed by atoms with Gasteiger partial charge in [-0.15, -0.1) is 23.5 Å². The van der Waals surface area contributed by atoms with E-state index in [0.717, 1.165) is 0 Å². The third-order valence-corrected chi connectivity index (χ3v) is 5.95. The Hall–Kier alpha value is -1.14. The Morgan fingerprint density at radius 1 is 1.25 bits per heavy atom. The van der Waals surface area contributed by atoms with Crippen LogP contribution in [0.2, 0.25) is 0 Å². The van der Waals surface area contributed by atoms with Gasteiger partial charge in [0.05, 0.1) is 10.1 Å². The zero-order chi connectivity index (χ0) is 14.5. The van der Waals surface area contributed by atoms with Crippen molar-refractivity contribution in [3.63, 3.8) is 0 Å². The monoisotopic (exact) mass is 311 g/mol. The summed E-state index contributed by atoms with van der Waals surface area (Å²) >= 11 is 3.86. The number of carbonyl (C=O) groups excluding carboxylic acids is 2. The highest BCUT2D eigenvalue weighted by Crippen LogP contribution is 2.43. The minimum Gasteiger partial charge on any atom is -0.449 e. The lowest BCUT2D eigenvalue weighted by Gasteiger charge is -2.21. The molecule has 20 heavy (non-hydrogen) atoms. The molecule has 108 valence electrons. The Kier molecular flexibility index (Phi) is 5.37. The molecule has 0 unspecified atom stereocenters. The van der Waals surface area contributed by atoms with Crippen molar-refractivity contribution in [2.24, 2.45) is 5.73 Å². The summed E-state index contributed by atoms with van der Waals surface area (Å²) in [6.07, 6.45) is 0.341. The van der Waals surface area contributed by atoms with Gasteiger partial charge in [0.25, 0.3) is 5.91 Å². The van der Waals surface area contributed by atoms with Crippen molar-refractivity contribution in [2.75, 3.05) is 11.5 Å². The Morgan fingerprint density at radius 2 is 1.85 bits per heavy atom. The summed E-state index contributed by atoms with van der Waals surface area (Å²) in [5, 5.41) is 0. The number of esters is 1. The molecule has 1 aliphatic rings. The average Bonchev–Trinajstić information content (AvgIpc) is 2.48. The molecular formula is C14H17NO3S2. The van der Waals surface area contributed by atoms with E-state index in [9.17, 15) is 9.59 Å². The number of ether oxygens (including phenoxy) is 1. The van der Waals surface area contributed by atoms with E-state index < -0.39 is 18.0 Å². The van der Waals surface area contributed by atoms with E-state index in [0.29, 0.717) is 10.1 Å². The van der Waals surface area contributed by atoms with Crippen LogP contribution in [0.3, 0.4) is 0 Å². The first-order valence-electron chi connectivity index (χ1n) is 6.41. The topological polar surface area (TPSA) is 69.4 Å². The van der Waals surface area contributed by atoms with Gasteiger partial charge in [0.2, 0.25) is 0 Å². The summed E-state index contributed by atoms with van der Waals surface area (Å²) in [6, 6.07) is 7.37. The molecular weight excluding hydrogens is 294 g/mol. The fourth-order valence-electron chi connectivity index (χ4n) is 1.74. The molecule has 1 aromatic carbocycles. The highest BCUT2D eigenvalue weighted by Gasteiger charge is 2.19. The molecule has 0 bridgehead atoms. The first kappa shape index (κ1) is 15.3. The van der Waals surface area contributed by atoms with Crippen LogP contribution < -0.4 is 5.73 Å². The summed E-state index contributed by atoms with van der Waals surface area (Å²) in [5.74, 6) is 1.19. The van der Waals surface area contributed by atoms with Crippen LogP contribution in [0.4, 0.5) is 0 Å². The normalized spacial score (nSPS) is 17.4. The van der Waals surface area contributed by atoms with Crippen molar-refractivity contribution in [3.8, 4) is 0 Å². The number of thioether (sulfide) groups is 2. The molecule has 6 heteroatoms. The summed E-state index contributed by atoms with van der Waals surface area (Å²) in [4.78, 5) is 22.7. The number of nitrogens with two attached hydrogens (primary N) is 1. The minimum atomic E-state index is -0.911. The van der Waals surface area contributed by atoms with Gasteiger partial charge in [-0.1, -0.05) is 12.1 Å². The van der Waals surface area contributed by atoms with Crippen LogP contribution in [0.5, 0.6) is 0 Å². The van der Waals surface area contributed by atoms with Crippen LogP contribution >= 0.6 is 23.5 Å². The fraction of sp³-hybridized carbons (Fsp3) is 0.429. The van der Waals surface area contributed by atoms with Gasteiger partial charge in [0.1, 0.15) is 0 Å². The van der Waals surface area contributed by atoms with Crippen LogP contribution in [-0.2, 0) is 9.53 Å². The first-order chi connectivity index (χ1) is 9.58. The first-order valence-corrected chi connectivity index (χ1v) is 8.51. The Morgan fingerprint density at radius 3 is 2.40 bits per heavy atom. The quantitative estimate of drug-likeness (QED) is 0.866. The minimum absolute atomic E-state index is 0.438. The molecule has 1 saturated heterocycles. The summed E-state index contributed by atoms with van der Waals surface area (Å²) < 4.78 is 5.40. The number of amides is 1. The van der Waals surface area contributed by atoms with Crippen molar-refractivity contribution in [1.82, 2.24) is 0 Å². The van der Waals surface area contributed by atoms with Crippen LogP contribution in [0.1, 0.15) is 33.8 Å². The Balaban J connectivity index is 2.00. The van der Waals surface area contributed by atoms with E-state index in [1.54, 1.807) is 12.1 Å². The Labute approximate surface area is 126 Å². The number of hydrogen-bond donors (Lipinski definition) is 1. The van der Waals surface area contributed by atoms with E-state index in [4.69, 9.17) is 10.5 Å². The molecule has 1 fully saturated rings. The number of primary amides is 1. The van der Waals surface area contributed by atoms with Crippen molar-refractivity contribution >= 4 is 35.4 Å². The number of hydrogen-bond acceptors (Lipinski definition) is 5. The maximum absolute atomic E-state index is 11.8. The van der Waals surface area contributed by atoms with Crippen molar-refractivity contribution in [3.05, 3.63) is 35.4 Å². The maximum Gasteiger partial charge on any atom is 0.338 e. The van der Waals surface area contributed by atoms with Gasteiger partial charge >= 0.3 is 5.97 Å². The highest BCUT2D eigenvalue weighted by atomic mass is 32.2. The number of benzene rings is 1. The second kappa shape index (κ2) is 7.04. The van der Waals surface area contributed by atoms with Crippen LogP contribution in [0, 0.1) is 0 Å². The summed E-state index contributed by atoms with van der Waals surface area (Å²) in [5.41, 5.74) is 6.71. The van der Waals surface area contributed by atoms with Crippen molar-refractivity contribution in [1.29, 1.82) is 0 Å². The van der Waals surface area contributed by atoms with E-state index in [-0.39, 0.29) is 0 Å². The summed E-state index contributed by atoms with van der Waals surface area (Å²) in [7, 11) is 0. The zero-order valence-electron chi connectivity index (χ0n) is 11.2. The third-order valence-electron chi connectivity index (χ3n) is 2.93. The average molecular weight is 311 g/mol. The standard InChI is InChI=1S/C14H17NO3S2/c1-9(12(15)16)18-13(17)10-3-5-11(6-4-10)14-19-7-2-8-20-14/h3-6,9,14H,2,7-8H2,1H3,(H2,15,16)/t9-/m0/s1. The SMILES string of the molecule is C[C@H](OC(=O)c1ccc(C2SCCCS2)cc1)C(N)=O. The van der Waals surface area contributed by atoms with E-state index >= 15 is 0 Å². The molecule has 1 heterocycles. The fourth-order valence-corrected chi connectivity index (χ4v) is 4.64. The van der Waals surface area contributed by atoms with E-state index in [1.165, 1.54) is 30.4 Å². The van der Waals surface area contributed by atoms with Gasteiger partial charge in [0, 0.05) is 0 Å². The molecule has 0 aromatic heterocycles. The smallest absolute Gasteiger partial charge is 0.338 e. The molecule has 1 atom stereocenters. The highest BCUT2D eigenvalue weighted by molar-refractivity contribution is 8.16. The second-order valence-corrected chi connectivity index (χ2v) is 7.22. The van der Waals surface area contributed by atoms with Crippen LogP contribution in [0.25, 0.3) is 0 Å². The third kappa shape index (κ3) is 3.93. The molecule has 0 aliphatic carbocycles. The van der Waals surface area contributed by atoms with Crippen molar-refractivity contribution < 1.29 is 14.3 Å². The zero-order valence-corrected chi connectivity index (χ0v) is 12.8. The van der Waals surface area contributed by atoms with Gasteiger partial charge < -0.3 is 10.5 Å². The van der Waals surface area contributed by atoms with Crippen molar-refractivity contribution in [2.45, 2.75) is 24.0 Å². The molecule has 2 N–H and O–H groups in total. The van der Waals surface area contributed by atoms with Gasteiger partial charge in [-0.25, -0.2) is 4.79 Å². The number of carbonyl (C=O) groups is 2. The molecule has 2 rings (SSSR count). The molecule has 4 nitrogen and oxygen atoms in total. The molecule has 1 amide bonds. The van der Waals surface area contributed by atoms with Gasteiger partial charge in [0.15, 0.2) is 6.10 Å². The number of rotatable bonds is 4. The van der Waals surface area contributed by atoms with E-state index in [2.05, 4.69) is 0 Å². The molecule has 1 aliphatic heterocycles. The molecule has 1 aromatic rings. The largest absolute Gasteiger partial charge is 0.449 e.